The summed E-state index contributed by atoms with van der Waals surface area (Å²) < 4.78 is 31.9. The number of nitrogens with one attached hydrogen (secondary N) is 2. The Morgan fingerprint density at radius 3 is 2.78 bits per heavy atom. The van der Waals surface area contributed by atoms with Crippen molar-refractivity contribution in [2.45, 2.75) is 11.8 Å². The first-order valence-electron chi connectivity index (χ1n) is 5.19. The number of nitrogens with zero attached hydrogens (tertiary/aromatic N) is 1. The number of methoxy groups -OCH3 is 1. The van der Waals surface area contributed by atoms with Crippen molar-refractivity contribution >= 4 is 15.7 Å². The molecule has 0 aliphatic rings. The van der Waals surface area contributed by atoms with Crippen LogP contribution in [0.4, 0.5) is 5.69 Å². The molecule has 2 N–H and O–H groups in total. The van der Waals surface area contributed by atoms with Gasteiger partial charge in [-0.2, -0.15) is 5.10 Å². The van der Waals surface area contributed by atoms with Gasteiger partial charge in [0.15, 0.2) is 0 Å². The van der Waals surface area contributed by atoms with Crippen molar-refractivity contribution in [3.63, 3.8) is 0 Å². The van der Waals surface area contributed by atoms with E-state index in [9.17, 15) is 8.42 Å². The third kappa shape index (κ3) is 2.45. The molecule has 0 radical (unpaired) electrons. The summed E-state index contributed by atoms with van der Waals surface area (Å²) in [6, 6.07) is 4.97. The lowest BCUT2D eigenvalue weighted by Gasteiger charge is -2.11. The molecule has 1 aromatic heterocycles. The second-order valence-corrected chi connectivity index (χ2v) is 5.40. The zero-order chi connectivity index (χ0) is 13.2. The largest absolute Gasteiger partial charge is 0.495 e. The van der Waals surface area contributed by atoms with Crippen LogP contribution in [0.15, 0.2) is 35.5 Å². The summed E-state index contributed by atoms with van der Waals surface area (Å²) in [6.45, 7) is 1.82. The molecule has 0 aliphatic heterocycles. The van der Waals surface area contributed by atoms with E-state index in [1.165, 1.54) is 19.5 Å². The molecule has 0 aliphatic carbocycles. The lowest BCUT2D eigenvalue weighted by atomic mass is 10.2. The highest BCUT2D eigenvalue weighted by Crippen LogP contribution is 2.26. The van der Waals surface area contributed by atoms with Crippen LogP contribution in [-0.4, -0.2) is 25.7 Å². The van der Waals surface area contributed by atoms with Crippen LogP contribution in [0, 0.1) is 6.92 Å². The van der Waals surface area contributed by atoms with Crippen molar-refractivity contribution in [1.82, 2.24) is 10.2 Å². The first-order chi connectivity index (χ1) is 8.53. The summed E-state index contributed by atoms with van der Waals surface area (Å²) in [5.74, 6) is 0.302. The standard InChI is InChI=1S/C11H13N3O3S/c1-8-3-4-10(17-2)11(5-8)18(15,16)14-9-6-12-13-7-9/h3-7,14H,1-2H3,(H,12,13). The van der Waals surface area contributed by atoms with E-state index in [-0.39, 0.29) is 4.90 Å². The average Bonchev–Trinajstić information content (AvgIpc) is 2.81. The van der Waals surface area contributed by atoms with Gasteiger partial charge in [0.1, 0.15) is 10.6 Å². The molecule has 1 heterocycles. The lowest BCUT2D eigenvalue weighted by Crippen LogP contribution is -2.13. The fraction of sp³-hybridized carbons (Fsp3) is 0.182. The number of ether oxygens (including phenoxy) is 1. The van der Waals surface area contributed by atoms with E-state index in [1.54, 1.807) is 18.2 Å². The molecule has 0 atom stereocenters. The Labute approximate surface area is 105 Å². The summed E-state index contributed by atoms with van der Waals surface area (Å²) in [6.07, 6.45) is 2.85. The molecule has 0 bridgehead atoms. The molecule has 0 spiro atoms. The van der Waals surface area contributed by atoms with Gasteiger partial charge in [0.05, 0.1) is 19.0 Å². The number of aromatic amines is 1. The number of hydrogen-bond acceptors (Lipinski definition) is 4. The number of anilines is 1. The quantitative estimate of drug-likeness (QED) is 0.879. The molecule has 2 rings (SSSR count). The Morgan fingerprint density at radius 2 is 2.17 bits per heavy atom. The number of sulfonamides is 1. The number of rotatable bonds is 4. The fourth-order valence-corrected chi connectivity index (χ4v) is 2.80. The van der Waals surface area contributed by atoms with Gasteiger partial charge in [-0.1, -0.05) is 6.07 Å². The van der Waals surface area contributed by atoms with Crippen LogP contribution in [0.5, 0.6) is 5.75 Å². The predicted octanol–water partition coefficient (Wildman–Crippen LogP) is 1.53. The van der Waals surface area contributed by atoms with E-state index in [0.717, 1.165) is 5.56 Å². The number of aryl methyl sites for hydroxylation is 1. The molecule has 0 saturated heterocycles. The Hall–Kier alpha value is -2.02. The smallest absolute Gasteiger partial charge is 0.265 e. The van der Waals surface area contributed by atoms with E-state index in [4.69, 9.17) is 4.74 Å². The minimum atomic E-state index is -3.68. The average molecular weight is 267 g/mol. The van der Waals surface area contributed by atoms with Crippen LogP contribution in [-0.2, 0) is 10.0 Å². The van der Waals surface area contributed by atoms with Crippen molar-refractivity contribution in [3.05, 3.63) is 36.2 Å². The van der Waals surface area contributed by atoms with Crippen molar-refractivity contribution in [1.29, 1.82) is 0 Å². The highest BCUT2D eigenvalue weighted by molar-refractivity contribution is 7.92. The summed E-state index contributed by atoms with van der Waals surface area (Å²) in [7, 11) is -2.25. The fourth-order valence-electron chi connectivity index (χ4n) is 1.51. The van der Waals surface area contributed by atoms with Gasteiger partial charge < -0.3 is 4.74 Å². The van der Waals surface area contributed by atoms with Gasteiger partial charge in [-0.25, -0.2) is 8.42 Å². The van der Waals surface area contributed by atoms with Crippen molar-refractivity contribution in [3.8, 4) is 5.75 Å². The van der Waals surface area contributed by atoms with Gasteiger partial charge >= 0.3 is 0 Å². The monoisotopic (exact) mass is 267 g/mol. The number of hydrogen-bond donors (Lipinski definition) is 2. The molecule has 0 fully saturated rings. The zero-order valence-electron chi connectivity index (χ0n) is 9.97. The maximum atomic E-state index is 12.2. The molecule has 18 heavy (non-hydrogen) atoms. The summed E-state index contributed by atoms with van der Waals surface area (Å²) in [5.41, 5.74) is 1.21. The summed E-state index contributed by atoms with van der Waals surface area (Å²) in [5, 5.41) is 6.21. The van der Waals surface area contributed by atoms with E-state index in [0.29, 0.717) is 11.4 Å². The molecule has 1 aromatic carbocycles. The van der Waals surface area contributed by atoms with Crippen molar-refractivity contribution in [2.75, 3.05) is 11.8 Å². The maximum Gasteiger partial charge on any atom is 0.265 e. The van der Waals surface area contributed by atoms with Crippen LogP contribution >= 0.6 is 0 Å². The van der Waals surface area contributed by atoms with Crippen LogP contribution in [0.2, 0.25) is 0 Å². The minimum absolute atomic E-state index is 0.103. The highest BCUT2D eigenvalue weighted by atomic mass is 32.2. The first kappa shape index (κ1) is 12.4. The number of benzene rings is 1. The molecule has 0 amide bonds. The van der Waals surface area contributed by atoms with Crippen LogP contribution in [0.25, 0.3) is 0 Å². The van der Waals surface area contributed by atoms with Gasteiger partial charge in [0.2, 0.25) is 0 Å². The number of aromatic nitrogens is 2. The first-order valence-corrected chi connectivity index (χ1v) is 6.67. The number of H-pyrrole nitrogens is 1. The maximum absolute atomic E-state index is 12.2. The van der Waals surface area contributed by atoms with E-state index in [2.05, 4.69) is 14.9 Å². The lowest BCUT2D eigenvalue weighted by molar-refractivity contribution is 0.402. The van der Waals surface area contributed by atoms with E-state index < -0.39 is 10.0 Å². The Morgan fingerprint density at radius 1 is 1.39 bits per heavy atom. The van der Waals surface area contributed by atoms with Crippen LogP contribution in [0.1, 0.15) is 5.56 Å². The second-order valence-electron chi connectivity index (χ2n) is 3.75. The molecule has 6 nitrogen and oxygen atoms in total. The van der Waals surface area contributed by atoms with Gasteiger partial charge in [0, 0.05) is 6.20 Å². The third-order valence-corrected chi connectivity index (χ3v) is 3.76. The molecule has 0 saturated carbocycles. The molecule has 2 aromatic rings. The predicted molar refractivity (Wildman–Crippen MR) is 67.1 cm³/mol. The van der Waals surface area contributed by atoms with Gasteiger partial charge in [-0.15, -0.1) is 0 Å². The molecule has 0 unspecified atom stereocenters. The minimum Gasteiger partial charge on any atom is -0.495 e. The molecule has 7 heteroatoms. The SMILES string of the molecule is COc1ccc(C)cc1S(=O)(=O)Nc1cn[nH]c1. The Balaban J connectivity index is 2.43. The zero-order valence-corrected chi connectivity index (χ0v) is 10.8. The second kappa shape index (κ2) is 4.69. The Kier molecular flexibility index (Phi) is 3.24. The normalized spacial score (nSPS) is 11.2. The molecular formula is C11H13N3O3S. The van der Waals surface area contributed by atoms with E-state index in [1.807, 2.05) is 6.92 Å². The topological polar surface area (TPSA) is 84.1 Å². The summed E-state index contributed by atoms with van der Waals surface area (Å²) >= 11 is 0. The van der Waals surface area contributed by atoms with Gasteiger partial charge in [0.25, 0.3) is 10.0 Å². The Bertz CT molecular complexity index is 636. The van der Waals surface area contributed by atoms with Gasteiger partial charge in [-0.3, -0.25) is 9.82 Å². The van der Waals surface area contributed by atoms with Gasteiger partial charge in [-0.05, 0) is 24.6 Å². The van der Waals surface area contributed by atoms with Crippen molar-refractivity contribution < 1.29 is 13.2 Å². The van der Waals surface area contributed by atoms with Crippen LogP contribution < -0.4 is 9.46 Å². The van der Waals surface area contributed by atoms with E-state index >= 15 is 0 Å². The third-order valence-electron chi connectivity index (χ3n) is 2.36. The van der Waals surface area contributed by atoms with Crippen LogP contribution in [0.3, 0.4) is 0 Å². The molecular weight excluding hydrogens is 254 g/mol. The summed E-state index contributed by atoms with van der Waals surface area (Å²) in [4.78, 5) is 0.103. The van der Waals surface area contributed by atoms with Crippen molar-refractivity contribution in [2.24, 2.45) is 0 Å². The molecule has 96 valence electrons. The highest BCUT2D eigenvalue weighted by Gasteiger charge is 2.20.